The summed E-state index contributed by atoms with van der Waals surface area (Å²) in [4.78, 5) is 47.2. The molecule has 36 heavy (non-hydrogen) atoms. The maximum absolute atomic E-state index is 13.3. The predicted molar refractivity (Wildman–Crippen MR) is 144 cm³/mol. The lowest BCUT2D eigenvalue weighted by atomic mass is 10.1. The van der Waals surface area contributed by atoms with Crippen LogP contribution in [0.4, 0.5) is 15.8 Å². The highest BCUT2D eigenvalue weighted by atomic mass is 127. The second-order valence-corrected chi connectivity index (χ2v) is 9.83. The quantitative estimate of drug-likeness (QED) is 0.233. The summed E-state index contributed by atoms with van der Waals surface area (Å²) < 4.78 is 13.8. The molecule has 0 radical (unpaired) electrons. The van der Waals surface area contributed by atoms with Gasteiger partial charge >= 0.3 is 0 Å². The van der Waals surface area contributed by atoms with Crippen LogP contribution in [0.25, 0.3) is 0 Å². The van der Waals surface area contributed by atoms with Crippen LogP contribution in [0.1, 0.15) is 63.4 Å². The summed E-state index contributed by atoms with van der Waals surface area (Å²) >= 11 is 1.91. The zero-order valence-corrected chi connectivity index (χ0v) is 21.8. The molecule has 2 aromatic carbocycles. The summed E-state index contributed by atoms with van der Waals surface area (Å²) in [6.45, 7) is 3.04. The molecular weight excluding hydrogens is 576 g/mol. The number of benzene rings is 2. The standard InChI is InChI=1S/C26H27FIN5O3/c27-17-6-11-20(21(28)15-17)25(35)31-18-7-9-19(10-8-18)32-26(36)24-23(29-16-30-24)22(34)5-4-14-33-12-2-1-3-13-33/h6-11,15-16H,1-5,12-14H2,(H,29,30)(H,31,35)(H,32,36). The zero-order valence-electron chi connectivity index (χ0n) is 19.7. The Hall–Kier alpha value is -3.12. The lowest BCUT2D eigenvalue weighted by Crippen LogP contribution is -2.30. The summed E-state index contributed by atoms with van der Waals surface area (Å²) in [6, 6.07) is 10.5. The van der Waals surface area contributed by atoms with E-state index in [4.69, 9.17) is 0 Å². The Morgan fingerprint density at radius 1 is 0.972 bits per heavy atom. The number of imidazole rings is 1. The maximum atomic E-state index is 13.3. The largest absolute Gasteiger partial charge is 0.340 e. The third-order valence-corrected chi connectivity index (χ3v) is 6.93. The van der Waals surface area contributed by atoms with Gasteiger partial charge in [0.15, 0.2) is 5.78 Å². The Bertz CT molecular complexity index is 1240. The topological polar surface area (TPSA) is 107 Å². The van der Waals surface area contributed by atoms with Gasteiger partial charge < -0.3 is 20.5 Å². The van der Waals surface area contributed by atoms with Gasteiger partial charge in [0.25, 0.3) is 11.8 Å². The monoisotopic (exact) mass is 603 g/mol. The van der Waals surface area contributed by atoms with E-state index < -0.39 is 11.7 Å². The Labute approximate surface area is 222 Å². The highest BCUT2D eigenvalue weighted by molar-refractivity contribution is 14.1. The van der Waals surface area contributed by atoms with Crippen molar-refractivity contribution in [2.45, 2.75) is 32.1 Å². The number of aromatic amines is 1. The van der Waals surface area contributed by atoms with E-state index in [1.165, 1.54) is 43.8 Å². The van der Waals surface area contributed by atoms with E-state index in [0.717, 1.165) is 26.1 Å². The van der Waals surface area contributed by atoms with Gasteiger partial charge in [0.2, 0.25) is 0 Å². The van der Waals surface area contributed by atoms with Crippen LogP contribution in [0.15, 0.2) is 48.8 Å². The minimum atomic E-state index is -0.468. The number of likely N-dealkylation sites (tertiary alicyclic amines) is 1. The predicted octanol–water partition coefficient (Wildman–Crippen LogP) is 5.11. The second kappa shape index (κ2) is 12.2. The average molecular weight is 603 g/mol. The lowest BCUT2D eigenvalue weighted by molar-refractivity contribution is 0.0952. The molecule has 0 bridgehead atoms. The van der Waals surface area contributed by atoms with E-state index in [9.17, 15) is 18.8 Å². The molecule has 3 N–H and O–H groups in total. The number of carbonyl (C=O) groups is 3. The fourth-order valence-corrected chi connectivity index (χ4v) is 4.87. The van der Waals surface area contributed by atoms with Crippen molar-refractivity contribution in [2.24, 2.45) is 0 Å². The number of carbonyl (C=O) groups excluding carboxylic acids is 3. The van der Waals surface area contributed by atoms with Crippen LogP contribution in [-0.4, -0.2) is 52.1 Å². The highest BCUT2D eigenvalue weighted by Gasteiger charge is 2.21. The Kier molecular flexibility index (Phi) is 8.81. The van der Waals surface area contributed by atoms with E-state index >= 15 is 0 Å². The van der Waals surface area contributed by atoms with E-state index in [1.54, 1.807) is 24.3 Å². The van der Waals surface area contributed by atoms with Crippen molar-refractivity contribution in [2.75, 3.05) is 30.3 Å². The van der Waals surface area contributed by atoms with Gasteiger partial charge in [-0.2, -0.15) is 0 Å². The molecule has 2 heterocycles. The van der Waals surface area contributed by atoms with Crippen LogP contribution in [-0.2, 0) is 0 Å². The molecule has 1 aliphatic rings. The number of H-pyrrole nitrogens is 1. The number of nitrogens with zero attached hydrogens (tertiary/aromatic N) is 2. The number of aromatic nitrogens is 2. The SMILES string of the molecule is O=C(Nc1ccc(NC(=O)c2[nH]cnc2C(=O)CCCN2CCCCC2)cc1)c1ccc(F)cc1I. The van der Waals surface area contributed by atoms with E-state index in [1.807, 2.05) is 22.6 Å². The van der Waals surface area contributed by atoms with Crippen LogP contribution >= 0.6 is 22.6 Å². The first-order valence-corrected chi connectivity index (χ1v) is 13.0. The molecular formula is C26H27FIN5O3. The molecule has 1 saturated heterocycles. The molecule has 0 atom stereocenters. The summed E-state index contributed by atoms with van der Waals surface area (Å²) in [5, 5.41) is 5.50. The summed E-state index contributed by atoms with van der Waals surface area (Å²) in [7, 11) is 0. The average Bonchev–Trinajstić information content (AvgIpc) is 3.36. The second-order valence-electron chi connectivity index (χ2n) is 8.66. The van der Waals surface area contributed by atoms with Gasteiger partial charge in [0, 0.05) is 21.4 Å². The molecule has 3 aromatic rings. The number of amides is 2. The van der Waals surface area contributed by atoms with Crippen LogP contribution in [0, 0.1) is 9.39 Å². The van der Waals surface area contributed by atoms with Crippen molar-refractivity contribution >= 4 is 51.6 Å². The van der Waals surface area contributed by atoms with Crippen LogP contribution in [0.5, 0.6) is 0 Å². The third-order valence-electron chi connectivity index (χ3n) is 6.03. The molecule has 0 spiro atoms. The first kappa shape index (κ1) is 26.0. The van der Waals surface area contributed by atoms with Gasteiger partial charge in [-0.1, -0.05) is 6.42 Å². The van der Waals surface area contributed by atoms with Crippen molar-refractivity contribution in [3.63, 3.8) is 0 Å². The molecule has 8 nitrogen and oxygen atoms in total. The van der Waals surface area contributed by atoms with E-state index in [-0.39, 0.29) is 23.1 Å². The molecule has 1 fully saturated rings. The van der Waals surface area contributed by atoms with Gasteiger partial charge in [-0.25, -0.2) is 9.37 Å². The van der Waals surface area contributed by atoms with Gasteiger partial charge in [0.1, 0.15) is 17.2 Å². The van der Waals surface area contributed by atoms with Crippen LogP contribution in [0.2, 0.25) is 0 Å². The molecule has 1 aliphatic heterocycles. The number of Topliss-reactive ketones (excluding diaryl/α,β-unsaturated/α-hetero) is 1. The number of hydrogen-bond donors (Lipinski definition) is 3. The smallest absolute Gasteiger partial charge is 0.274 e. The van der Waals surface area contributed by atoms with Crippen molar-refractivity contribution < 1.29 is 18.8 Å². The van der Waals surface area contributed by atoms with Crippen LogP contribution < -0.4 is 10.6 Å². The number of nitrogens with one attached hydrogen (secondary N) is 3. The highest BCUT2D eigenvalue weighted by Crippen LogP contribution is 2.19. The summed E-state index contributed by atoms with van der Waals surface area (Å²) in [6.07, 6.45) is 6.10. The Morgan fingerprint density at radius 2 is 1.64 bits per heavy atom. The molecule has 1 aromatic heterocycles. The number of anilines is 2. The fourth-order valence-electron chi connectivity index (χ4n) is 4.15. The van der Waals surface area contributed by atoms with Gasteiger partial charge in [-0.15, -0.1) is 0 Å². The number of ketones is 1. The first-order valence-electron chi connectivity index (χ1n) is 11.9. The Balaban J connectivity index is 1.31. The molecule has 0 saturated carbocycles. The van der Waals surface area contributed by atoms with Crippen LogP contribution in [0.3, 0.4) is 0 Å². The van der Waals surface area contributed by atoms with Crippen molar-refractivity contribution in [1.29, 1.82) is 0 Å². The summed E-state index contributed by atoms with van der Waals surface area (Å²) in [5.74, 6) is -1.40. The number of piperidine rings is 1. The molecule has 10 heteroatoms. The molecule has 2 amide bonds. The van der Waals surface area contributed by atoms with Gasteiger partial charge in [-0.05, 0) is 104 Å². The normalized spacial score (nSPS) is 13.8. The minimum Gasteiger partial charge on any atom is -0.340 e. The van der Waals surface area contributed by atoms with Gasteiger partial charge in [0.05, 0.1) is 11.9 Å². The lowest BCUT2D eigenvalue weighted by Gasteiger charge is -2.26. The minimum absolute atomic E-state index is 0.126. The van der Waals surface area contributed by atoms with Crippen molar-refractivity contribution in [1.82, 2.24) is 14.9 Å². The molecule has 0 aliphatic carbocycles. The van der Waals surface area contributed by atoms with E-state index in [2.05, 4.69) is 25.5 Å². The van der Waals surface area contributed by atoms with Crippen molar-refractivity contribution in [3.05, 3.63) is 75.1 Å². The third kappa shape index (κ3) is 6.76. The number of hydrogen-bond acceptors (Lipinski definition) is 5. The number of rotatable bonds is 9. The molecule has 188 valence electrons. The summed E-state index contributed by atoms with van der Waals surface area (Å²) in [5.41, 5.74) is 1.64. The maximum Gasteiger partial charge on any atom is 0.274 e. The Morgan fingerprint density at radius 3 is 2.31 bits per heavy atom. The van der Waals surface area contributed by atoms with E-state index in [0.29, 0.717) is 26.9 Å². The first-order chi connectivity index (χ1) is 17.4. The molecule has 4 rings (SSSR count). The van der Waals surface area contributed by atoms with Gasteiger partial charge in [-0.3, -0.25) is 14.4 Å². The van der Waals surface area contributed by atoms with Crippen molar-refractivity contribution in [3.8, 4) is 0 Å². The molecule has 0 unspecified atom stereocenters. The zero-order chi connectivity index (χ0) is 25.5. The fraction of sp³-hybridized carbons (Fsp3) is 0.308. The number of halogens is 2.